The number of esters is 1. The van der Waals surface area contributed by atoms with Gasteiger partial charge in [-0.15, -0.1) is 0 Å². The Morgan fingerprint density at radius 2 is 1.80 bits per heavy atom. The number of alkyl halides is 3. The lowest BCUT2D eigenvalue weighted by molar-refractivity contribution is -0.154. The summed E-state index contributed by atoms with van der Waals surface area (Å²) in [7, 11) is 0. The fourth-order valence-corrected chi connectivity index (χ4v) is 4.37. The van der Waals surface area contributed by atoms with Gasteiger partial charge in [-0.3, -0.25) is 4.79 Å². The fraction of sp³-hybridized carbons (Fsp3) is 0.241. The van der Waals surface area contributed by atoms with Crippen molar-refractivity contribution in [3.8, 4) is 23.0 Å². The van der Waals surface area contributed by atoms with E-state index in [1.807, 2.05) is 6.92 Å². The number of hydrogen-bond donors (Lipinski definition) is 0. The highest BCUT2D eigenvalue weighted by molar-refractivity contribution is 6.30. The van der Waals surface area contributed by atoms with Gasteiger partial charge in [0.2, 0.25) is 11.2 Å². The molecule has 0 atom stereocenters. The molecule has 1 aromatic heterocycles. The highest BCUT2D eigenvalue weighted by Gasteiger charge is 2.40. The lowest BCUT2D eigenvalue weighted by atomic mass is 10.1. The monoisotopic (exact) mass is 590 g/mol. The van der Waals surface area contributed by atoms with Crippen LogP contribution in [0.2, 0.25) is 5.02 Å². The molecule has 0 saturated carbocycles. The molecular formula is C29H22ClF3O8. The second-order valence-electron chi connectivity index (χ2n) is 8.96. The molecule has 214 valence electrons. The van der Waals surface area contributed by atoms with Gasteiger partial charge in [0.15, 0.2) is 6.79 Å². The number of rotatable bonds is 8. The summed E-state index contributed by atoms with van der Waals surface area (Å²) in [5, 5.41) is 0.287. The average molecular weight is 591 g/mol. The van der Waals surface area contributed by atoms with Crippen LogP contribution in [0.25, 0.3) is 11.0 Å². The SMILES string of the molecule is CCCOC(=O)c1ccc(Oc2c(C(F)(F)F)oc3cc(OCc4cc(Cl)cc5c4OCOC5)ccc3c2=O)cc1. The molecule has 4 aromatic rings. The minimum Gasteiger partial charge on any atom is -0.489 e. The average Bonchev–Trinajstić information content (AvgIpc) is 2.95. The largest absolute Gasteiger partial charge is 0.489 e. The summed E-state index contributed by atoms with van der Waals surface area (Å²) in [5.41, 5.74) is 0.146. The van der Waals surface area contributed by atoms with Crippen LogP contribution in [-0.4, -0.2) is 19.4 Å². The Morgan fingerprint density at radius 3 is 2.54 bits per heavy atom. The third-order valence-corrected chi connectivity index (χ3v) is 6.19. The summed E-state index contributed by atoms with van der Waals surface area (Å²) in [6.45, 7) is 2.41. The van der Waals surface area contributed by atoms with Gasteiger partial charge in [-0.25, -0.2) is 4.79 Å². The summed E-state index contributed by atoms with van der Waals surface area (Å²) >= 11 is 6.18. The fourth-order valence-electron chi connectivity index (χ4n) is 4.11. The van der Waals surface area contributed by atoms with E-state index in [9.17, 15) is 22.8 Å². The van der Waals surface area contributed by atoms with Crippen molar-refractivity contribution in [1.82, 2.24) is 0 Å². The zero-order chi connectivity index (χ0) is 29.1. The van der Waals surface area contributed by atoms with E-state index >= 15 is 0 Å². The van der Waals surface area contributed by atoms with Gasteiger partial charge >= 0.3 is 12.1 Å². The van der Waals surface area contributed by atoms with E-state index < -0.39 is 29.1 Å². The summed E-state index contributed by atoms with van der Waals surface area (Å²) in [6, 6.07) is 12.4. The van der Waals surface area contributed by atoms with Crippen molar-refractivity contribution in [2.45, 2.75) is 32.7 Å². The molecule has 0 spiro atoms. The molecule has 8 nitrogen and oxygen atoms in total. The van der Waals surface area contributed by atoms with E-state index in [1.54, 1.807) is 12.1 Å². The van der Waals surface area contributed by atoms with Crippen molar-refractivity contribution >= 4 is 28.5 Å². The van der Waals surface area contributed by atoms with Crippen molar-refractivity contribution < 1.29 is 46.1 Å². The lowest BCUT2D eigenvalue weighted by Gasteiger charge is -2.21. The Hall–Kier alpha value is -4.22. The smallest absolute Gasteiger partial charge is 0.453 e. The molecule has 0 radical (unpaired) electrons. The van der Waals surface area contributed by atoms with E-state index in [0.29, 0.717) is 29.4 Å². The van der Waals surface area contributed by atoms with Gasteiger partial charge in [-0.1, -0.05) is 18.5 Å². The van der Waals surface area contributed by atoms with Crippen LogP contribution >= 0.6 is 11.6 Å². The van der Waals surface area contributed by atoms with Crippen molar-refractivity contribution in [3.05, 3.63) is 92.3 Å². The molecular weight excluding hydrogens is 569 g/mol. The number of ether oxygens (including phenoxy) is 5. The van der Waals surface area contributed by atoms with E-state index in [4.69, 9.17) is 39.7 Å². The van der Waals surface area contributed by atoms with Crippen LogP contribution < -0.4 is 19.6 Å². The van der Waals surface area contributed by atoms with Crippen molar-refractivity contribution in [3.63, 3.8) is 0 Å². The maximum Gasteiger partial charge on any atom is 0.453 e. The van der Waals surface area contributed by atoms with Crippen LogP contribution in [0.3, 0.4) is 0 Å². The summed E-state index contributed by atoms with van der Waals surface area (Å²) in [5.74, 6) is -2.64. The summed E-state index contributed by atoms with van der Waals surface area (Å²) in [6.07, 6.45) is -4.42. The Labute approximate surface area is 236 Å². The molecule has 1 aliphatic rings. The number of fused-ring (bicyclic) bond motifs is 2. The lowest BCUT2D eigenvalue weighted by Crippen LogP contribution is -2.15. The first-order chi connectivity index (χ1) is 19.6. The van der Waals surface area contributed by atoms with Crippen LogP contribution in [0.1, 0.15) is 40.6 Å². The molecule has 0 unspecified atom stereocenters. The molecule has 0 bridgehead atoms. The van der Waals surface area contributed by atoms with Crippen LogP contribution in [-0.2, 0) is 28.9 Å². The maximum absolute atomic E-state index is 14.0. The predicted octanol–water partition coefficient (Wildman–Crippen LogP) is 7.27. The van der Waals surface area contributed by atoms with Gasteiger partial charge in [0.1, 0.15) is 29.4 Å². The second-order valence-corrected chi connectivity index (χ2v) is 9.40. The molecule has 0 N–H and O–H groups in total. The first kappa shape index (κ1) is 28.3. The van der Waals surface area contributed by atoms with Crippen LogP contribution in [0.15, 0.2) is 63.8 Å². The van der Waals surface area contributed by atoms with Gasteiger partial charge < -0.3 is 28.1 Å². The van der Waals surface area contributed by atoms with Crippen LogP contribution in [0.5, 0.6) is 23.0 Å². The topological polar surface area (TPSA) is 93.4 Å². The molecule has 1 aliphatic heterocycles. The first-order valence-corrected chi connectivity index (χ1v) is 12.8. The molecule has 0 aliphatic carbocycles. The number of halogens is 4. The van der Waals surface area contributed by atoms with Gasteiger partial charge in [0.05, 0.1) is 24.2 Å². The van der Waals surface area contributed by atoms with Crippen LogP contribution in [0, 0.1) is 0 Å². The quantitative estimate of drug-likeness (QED) is 0.198. The van der Waals surface area contributed by atoms with Gasteiger partial charge in [0, 0.05) is 22.2 Å². The molecule has 2 heterocycles. The number of benzene rings is 3. The Morgan fingerprint density at radius 1 is 1.05 bits per heavy atom. The molecule has 41 heavy (non-hydrogen) atoms. The standard InChI is InChI=1S/C29H22ClF3O8/c1-2-9-37-28(35)16-3-5-20(6-4-16)40-26-24(34)22-8-7-21(12-23(22)41-27(26)29(31,32)33)38-14-18-11-19(30)10-17-13-36-15-39-25(17)18/h3-8,10-12H,2,9,13-15H2,1H3. The maximum atomic E-state index is 14.0. The molecule has 0 amide bonds. The Kier molecular flexibility index (Phi) is 8.09. The molecule has 5 rings (SSSR count). The predicted molar refractivity (Wildman–Crippen MR) is 141 cm³/mol. The molecule has 12 heteroatoms. The Balaban J connectivity index is 1.43. The second kappa shape index (κ2) is 11.7. The van der Waals surface area contributed by atoms with Gasteiger partial charge in [0.25, 0.3) is 5.76 Å². The number of carbonyl (C=O) groups is 1. The van der Waals surface area contributed by atoms with E-state index in [2.05, 4.69) is 0 Å². The minimum absolute atomic E-state index is 0.0199. The number of carbonyl (C=O) groups excluding carboxylic acids is 1. The zero-order valence-electron chi connectivity index (χ0n) is 21.5. The summed E-state index contributed by atoms with van der Waals surface area (Å²) in [4.78, 5) is 25.1. The molecule has 0 saturated heterocycles. The van der Waals surface area contributed by atoms with Crippen molar-refractivity contribution in [2.75, 3.05) is 13.4 Å². The van der Waals surface area contributed by atoms with Crippen molar-refractivity contribution in [1.29, 1.82) is 0 Å². The van der Waals surface area contributed by atoms with Crippen molar-refractivity contribution in [2.24, 2.45) is 0 Å². The van der Waals surface area contributed by atoms with Crippen LogP contribution in [0.4, 0.5) is 13.2 Å². The third kappa shape index (κ3) is 6.26. The zero-order valence-corrected chi connectivity index (χ0v) is 22.3. The number of hydrogen-bond acceptors (Lipinski definition) is 8. The highest BCUT2D eigenvalue weighted by Crippen LogP contribution is 2.39. The normalized spacial score (nSPS) is 12.9. The Bertz CT molecular complexity index is 1650. The van der Waals surface area contributed by atoms with E-state index in [1.165, 1.54) is 42.5 Å². The van der Waals surface area contributed by atoms with E-state index in [0.717, 1.165) is 5.56 Å². The van der Waals surface area contributed by atoms with Gasteiger partial charge in [-0.2, -0.15) is 13.2 Å². The summed E-state index contributed by atoms with van der Waals surface area (Å²) < 4.78 is 74.0. The van der Waals surface area contributed by atoms with Gasteiger partial charge in [-0.05, 0) is 55.0 Å². The first-order valence-electron chi connectivity index (χ1n) is 12.4. The minimum atomic E-state index is -5.05. The molecule has 3 aromatic carbocycles. The highest BCUT2D eigenvalue weighted by atomic mass is 35.5. The third-order valence-electron chi connectivity index (χ3n) is 5.97. The molecule has 0 fully saturated rings. The van der Waals surface area contributed by atoms with E-state index in [-0.39, 0.29) is 48.0 Å².